The van der Waals surface area contributed by atoms with Crippen molar-refractivity contribution in [2.75, 3.05) is 13.1 Å². The van der Waals surface area contributed by atoms with Gasteiger partial charge < -0.3 is 15.3 Å². The van der Waals surface area contributed by atoms with Gasteiger partial charge in [-0.15, -0.1) is 0 Å². The molecule has 2 aliphatic rings. The van der Waals surface area contributed by atoms with Crippen molar-refractivity contribution in [3.8, 4) is 0 Å². The largest absolute Gasteiger partial charge is 0.480 e. The summed E-state index contributed by atoms with van der Waals surface area (Å²) in [5.74, 6) is -1.11. The molecule has 6 heteroatoms. The summed E-state index contributed by atoms with van der Waals surface area (Å²) in [4.78, 5) is 38.2. The smallest absolute Gasteiger partial charge is 0.326 e. The van der Waals surface area contributed by atoms with Crippen LogP contribution in [0.1, 0.15) is 37.7 Å². The standard InChI is InChI=1S/C20H26N2O4/c23-18(12-14-5-2-1-3-6-14)22-10-4-7-16(13-22)19(24)21-17(20(25)26)11-15-8-9-15/h1-3,5-6,15-17H,4,7-13H2,(H,21,24)(H,25,26). The Morgan fingerprint density at radius 3 is 2.54 bits per heavy atom. The van der Waals surface area contributed by atoms with Gasteiger partial charge in [0.15, 0.2) is 0 Å². The quantitative estimate of drug-likeness (QED) is 0.779. The number of nitrogens with one attached hydrogen (secondary N) is 1. The van der Waals surface area contributed by atoms with Crippen LogP contribution in [0.2, 0.25) is 0 Å². The van der Waals surface area contributed by atoms with E-state index < -0.39 is 12.0 Å². The van der Waals surface area contributed by atoms with E-state index in [4.69, 9.17) is 0 Å². The van der Waals surface area contributed by atoms with Gasteiger partial charge in [-0.05, 0) is 30.7 Å². The predicted molar refractivity (Wildman–Crippen MR) is 96.4 cm³/mol. The summed E-state index contributed by atoms with van der Waals surface area (Å²) in [6, 6.07) is 8.74. The Labute approximate surface area is 153 Å². The van der Waals surface area contributed by atoms with Gasteiger partial charge in [0.1, 0.15) is 6.04 Å². The Morgan fingerprint density at radius 2 is 1.88 bits per heavy atom. The van der Waals surface area contributed by atoms with Crippen molar-refractivity contribution < 1.29 is 19.5 Å². The summed E-state index contributed by atoms with van der Waals surface area (Å²) >= 11 is 0. The Hall–Kier alpha value is -2.37. The average molecular weight is 358 g/mol. The maximum atomic E-state index is 12.5. The van der Waals surface area contributed by atoms with Crippen LogP contribution < -0.4 is 5.32 Å². The predicted octanol–water partition coefficient (Wildman–Crippen LogP) is 1.84. The van der Waals surface area contributed by atoms with Crippen molar-refractivity contribution >= 4 is 17.8 Å². The molecule has 1 heterocycles. The third-order valence-electron chi connectivity index (χ3n) is 5.22. The first-order valence-electron chi connectivity index (χ1n) is 9.38. The van der Waals surface area contributed by atoms with Crippen molar-refractivity contribution in [3.05, 3.63) is 35.9 Å². The Balaban J connectivity index is 1.54. The number of rotatable bonds is 7. The fraction of sp³-hybridized carbons (Fsp3) is 0.550. The van der Waals surface area contributed by atoms with E-state index in [0.29, 0.717) is 38.3 Å². The molecule has 26 heavy (non-hydrogen) atoms. The number of carbonyl (C=O) groups excluding carboxylic acids is 2. The molecule has 1 aliphatic heterocycles. The molecule has 3 rings (SSSR count). The van der Waals surface area contributed by atoms with E-state index in [-0.39, 0.29) is 17.7 Å². The van der Waals surface area contributed by atoms with Crippen LogP contribution in [0.3, 0.4) is 0 Å². The second kappa shape index (κ2) is 8.34. The molecule has 1 aromatic rings. The highest BCUT2D eigenvalue weighted by atomic mass is 16.4. The molecule has 2 fully saturated rings. The number of piperidine rings is 1. The highest BCUT2D eigenvalue weighted by Crippen LogP contribution is 2.33. The molecule has 6 nitrogen and oxygen atoms in total. The number of hydrogen-bond donors (Lipinski definition) is 2. The first-order valence-corrected chi connectivity index (χ1v) is 9.38. The van der Waals surface area contributed by atoms with E-state index in [1.165, 1.54) is 0 Å². The fourth-order valence-electron chi connectivity index (χ4n) is 3.50. The monoisotopic (exact) mass is 358 g/mol. The van der Waals surface area contributed by atoms with Gasteiger partial charge in [0, 0.05) is 13.1 Å². The van der Waals surface area contributed by atoms with Gasteiger partial charge in [-0.2, -0.15) is 0 Å². The van der Waals surface area contributed by atoms with Crippen LogP contribution in [0.5, 0.6) is 0 Å². The van der Waals surface area contributed by atoms with Gasteiger partial charge in [-0.3, -0.25) is 9.59 Å². The lowest BCUT2D eigenvalue weighted by Crippen LogP contribution is -2.49. The Kier molecular flexibility index (Phi) is 5.91. The summed E-state index contributed by atoms with van der Waals surface area (Å²) in [7, 11) is 0. The normalized spacial score (nSPS) is 21.1. The number of aliphatic carboxylic acids is 1. The van der Waals surface area contributed by atoms with Gasteiger partial charge >= 0.3 is 5.97 Å². The number of carboxylic acid groups (broad SMARTS) is 1. The van der Waals surface area contributed by atoms with E-state index in [1.54, 1.807) is 4.90 Å². The van der Waals surface area contributed by atoms with E-state index in [2.05, 4.69) is 5.32 Å². The van der Waals surface area contributed by atoms with E-state index >= 15 is 0 Å². The first-order chi connectivity index (χ1) is 12.5. The van der Waals surface area contributed by atoms with Gasteiger partial charge in [0.25, 0.3) is 0 Å². The minimum absolute atomic E-state index is 0.0152. The zero-order valence-electron chi connectivity index (χ0n) is 14.9. The van der Waals surface area contributed by atoms with Crippen molar-refractivity contribution in [1.29, 1.82) is 0 Å². The molecule has 0 radical (unpaired) electrons. The Morgan fingerprint density at radius 1 is 1.15 bits per heavy atom. The second-order valence-corrected chi connectivity index (χ2v) is 7.42. The van der Waals surface area contributed by atoms with Crippen LogP contribution in [-0.4, -0.2) is 46.9 Å². The molecule has 2 unspecified atom stereocenters. The molecule has 140 valence electrons. The van der Waals surface area contributed by atoms with Crippen LogP contribution in [0.15, 0.2) is 30.3 Å². The first kappa shape index (κ1) is 18.4. The average Bonchev–Trinajstić information content (AvgIpc) is 3.46. The highest BCUT2D eigenvalue weighted by Gasteiger charge is 2.33. The van der Waals surface area contributed by atoms with E-state index in [1.807, 2.05) is 30.3 Å². The lowest BCUT2D eigenvalue weighted by atomic mass is 9.95. The molecule has 2 N–H and O–H groups in total. The molecule has 1 saturated carbocycles. The molecule has 2 atom stereocenters. The number of nitrogens with zero attached hydrogens (tertiary/aromatic N) is 1. The molecule has 1 aliphatic carbocycles. The van der Waals surface area contributed by atoms with Crippen LogP contribution >= 0.6 is 0 Å². The molecular formula is C20H26N2O4. The van der Waals surface area contributed by atoms with Gasteiger partial charge in [-0.25, -0.2) is 4.79 Å². The lowest BCUT2D eigenvalue weighted by Gasteiger charge is -2.32. The van der Waals surface area contributed by atoms with Crippen molar-refractivity contribution in [1.82, 2.24) is 10.2 Å². The number of hydrogen-bond acceptors (Lipinski definition) is 3. The summed E-state index contributed by atoms with van der Waals surface area (Å²) in [5, 5.41) is 12.0. The van der Waals surface area contributed by atoms with Crippen LogP contribution in [0, 0.1) is 11.8 Å². The third kappa shape index (κ3) is 5.07. The maximum Gasteiger partial charge on any atom is 0.326 e. The van der Waals surface area contributed by atoms with Gasteiger partial charge in [-0.1, -0.05) is 43.2 Å². The van der Waals surface area contributed by atoms with Crippen molar-refractivity contribution in [2.24, 2.45) is 11.8 Å². The molecule has 0 bridgehead atoms. The van der Waals surface area contributed by atoms with Gasteiger partial charge in [0.2, 0.25) is 11.8 Å². The van der Waals surface area contributed by atoms with Crippen LogP contribution in [0.25, 0.3) is 0 Å². The summed E-state index contributed by atoms with van der Waals surface area (Å²) in [5.41, 5.74) is 0.958. The SMILES string of the molecule is O=C(NC(CC1CC1)C(=O)O)C1CCCN(C(=O)Cc2ccccc2)C1. The number of carboxylic acids is 1. The zero-order chi connectivity index (χ0) is 18.5. The number of benzene rings is 1. The highest BCUT2D eigenvalue weighted by molar-refractivity contribution is 5.86. The number of carbonyl (C=O) groups is 3. The number of amides is 2. The van der Waals surface area contributed by atoms with Gasteiger partial charge in [0.05, 0.1) is 12.3 Å². The summed E-state index contributed by atoms with van der Waals surface area (Å²) in [6.07, 6.45) is 4.38. The topological polar surface area (TPSA) is 86.7 Å². The fourth-order valence-corrected chi connectivity index (χ4v) is 3.50. The third-order valence-corrected chi connectivity index (χ3v) is 5.22. The second-order valence-electron chi connectivity index (χ2n) is 7.42. The lowest BCUT2D eigenvalue weighted by molar-refractivity contribution is -0.144. The summed E-state index contributed by atoms with van der Waals surface area (Å²) < 4.78 is 0. The number of likely N-dealkylation sites (tertiary alicyclic amines) is 1. The minimum atomic E-state index is -0.974. The summed E-state index contributed by atoms with van der Waals surface area (Å²) in [6.45, 7) is 1.02. The molecule has 1 aromatic carbocycles. The molecule has 1 saturated heterocycles. The molecular weight excluding hydrogens is 332 g/mol. The molecule has 0 aromatic heterocycles. The Bertz CT molecular complexity index is 657. The van der Waals surface area contributed by atoms with Crippen molar-refractivity contribution in [3.63, 3.8) is 0 Å². The molecule has 2 amide bonds. The maximum absolute atomic E-state index is 12.5. The van der Waals surface area contributed by atoms with Crippen LogP contribution in [0.4, 0.5) is 0 Å². The molecule has 0 spiro atoms. The van der Waals surface area contributed by atoms with Crippen LogP contribution in [-0.2, 0) is 20.8 Å². The zero-order valence-corrected chi connectivity index (χ0v) is 14.9. The van der Waals surface area contributed by atoms with E-state index in [0.717, 1.165) is 24.8 Å². The van der Waals surface area contributed by atoms with Crippen molar-refractivity contribution in [2.45, 2.75) is 44.6 Å². The minimum Gasteiger partial charge on any atom is -0.480 e. The van der Waals surface area contributed by atoms with E-state index in [9.17, 15) is 19.5 Å².